The Labute approximate surface area is 119 Å². The second-order valence-corrected chi connectivity index (χ2v) is 5.21. The molecule has 0 radical (unpaired) electrons. The van der Waals surface area contributed by atoms with Crippen LogP contribution in [0.4, 0.5) is 5.69 Å². The Hall–Kier alpha value is -1.61. The van der Waals surface area contributed by atoms with Crippen LogP contribution in [-0.4, -0.2) is 18.9 Å². The van der Waals surface area contributed by atoms with Gasteiger partial charge >= 0.3 is 0 Å². The third-order valence-corrected chi connectivity index (χ3v) is 3.62. The molecule has 0 unspecified atom stereocenters. The predicted octanol–water partition coefficient (Wildman–Crippen LogP) is 4.29. The van der Waals surface area contributed by atoms with Crippen LogP contribution in [0.15, 0.2) is 59.5 Å². The molecule has 2 aromatic rings. The van der Waals surface area contributed by atoms with Gasteiger partial charge in [-0.3, -0.25) is 0 Å². The molecule has 0 aromatic heterocycles. The van der Waals surface area contributed by atoms with Crippen LogP contribution in [0.5, 0.6) is 5.75 Å². The number of ether oxygens (including phenoxy) is 1. The lowest BCUT2D eigenvalue weighted by atomic mass is 10.3. The van der Waals surface area contributed by atoms with Crippen molar-refractivity contribution in [1.82, 2.24) is 0 Å². The highest BCUT2D eigenvalue weighted by Gasteiger charge is 1.95. The Morgan fingerprint density at radius 2 is 1.74 bits per heavy atom. The van der Waals surface area contributed by atoms with Gasteiger partial charge in [-0.05, 0) is 43.3 Å². The van der Waals surface area contributed by atoms with Crippen molar-refractivity contribution < 1.29 is 4.74 Å². The number of thioether (sulfide) groups is 1. The van der Waals surface area contributed by atoms with Crippen molar-refractivity contribution >= 4 is 17.4 Å². The first kappa shape index (κ1) is 13.8. The maximum absolute atomic E-state index is 5.41. The normalized spacial score (nSPS) is 10.2. The fraction of sp³-hybridized carbons (Fsp3) is 0.250. The maximum atomic E-state index is 5.41. The zero-order valence-corrected chi connectivity index (χ0v) is 12.0. The van der Waals surface area contributed by atoms with Crippen LogP contribution >= 0.6 is 11.8 Å². The first-order valence-corrected chi connectivity index (χ1v) is 7.51. The molecular formula is C16H19NOS. The Morgan fingerprint density at radius 3 is 2.42 bits per heavy atom. The van der Waals surface area contributed by atoms with E-state index in [1.165, 1.54) is 4.90 Å². The summed E-state index contributed by atoms with van der Waals surface area (Å²) in [5, 5.41) is 3.41. The van der Waals surface area contributed by atoms with Gasteiger partial charge in [0.25, 0.3) is 0 Å². The van der Waals surface area contributed by atoms with Gasteiger partial charge in [-0.1, -0.05) is 18.2 Å². The van der Waals surface area contributed by atoms with E-state index in [2.05, 4.69) is 41.7 Å². The van der Waals surface area contributed by atoms with E-state index in [0.717, 1.165) is 23.7 Å². The molecule has 0 aliphatic rings. The van der Waals surface area contributed by atoms with E-state index in [9.17, 15) is 0 Å². The summed E-state index contributed by atoms with van der Waals surface area (Å²) >= 11 is 1.86. The number of benzene rings is 2. The van der Waals surface area contributed by atoms with E-state index >= 15 is 0 Å². The zero-order valence-electron chi connectivity index (χ0n) is 11.1. The Balaban J connectivity index is 1.70. The van der Waals surface area contributed by atoms with E-state index in [0.29, 0.717) is 6.61 Å². The second-order valence-electron chi connectivity index (χ2n) is 4.05. The number of nitrogens with one attached hydrogen (secondary N) is 1. The van der Waals surface area contributed by atoms with Crippen LogP contribution in [0.2, 0.25) is 0 Å². The van der Waals surface area contributed by atoms with Crippen molar-refractivity contribution in [3.63, 3.8) is 0 Å². The summed E-state index contributed by atoms with van der Waals surface area (Å²) in [6, 6.07) is 18.6. The van der Waals surface area contributed by atoms with Gasteiger partial charge in [-0.15, -0.1) is 11.8 Å². The lowest BCUT2D eigenvalue weighted by Crippen LogP contribution is -2.03. The lowest BCUT2D eigenvalue weighted by Gasteiger charge is -2.08. The third-order valence-electron chi connectivity index (χ3n) is 2.61. The van der Waals surface area contributed by atoms with Gasteiger partial charge in [-0.2, -0.15) is 0 Å². The summed E-state index contributed by atoms with van der Waals surface area (Å²) in [5.41, 5.74) is 1.14. The highest BCUT2D eigenvalue weighted by Crippen LogP contribution is 2.18. The van der Waals surface area contributed by atoms with Crippen LogP contribution in [0.25, 0.3) is 0 Å². The third kappa shape index (κ3) is 4.87. The first-order chi connectivity index (χ1) is 9.38. The summed E-state index contributed by atoms with van der Waals surface area (Å²) in [4.78, 5) is 1.32. The molecule has 0 amide bonds. The smallest absolute Gasteiger partial charge is 0.119 e. The maximum Gasteiger partial charge on any atom is 0.119 e. The minimum Gasteiger partial charge on any atom is -0.494 e. The van der Waals surface area contributed by atoms with Gasteiger partial charge in [0.2, 0.25) is 0 Å². The molecule has 0 heterocycles. The molecule has 0 bridgehead atoms. The van der Waals surface area contributed by atoms with Gasteiger partial charge in [-0.25, -0.2) is 0 Å². The van der Waals surface area contributed by atoms with Gasteiger partial charge in [0, 0.05) is 22.9 Å². The Kier molecular flexibility index (Phi) is 5.63. The van der Waals surface area contributed by atoms with Gasteiger partial charge in [0.15, 0.2) is 0 Å². The molecule has 2 aromatic carbocycles. The van der Waals surface area contributed by atoms with Crippen molar-refractivity contribution in [3.05, 3.63) is 54.6 Å². The predicted molar refractivity (Wildman–Crippen MR) is 83.3 cm³/mol. The van der Waals surface area contributed by atoms with Gasteiger partial charge in [0.05, 0.1) is 6.61 Å². The summed E-state index contributed by atoms with van der Waals surface area (Å²) in [6.45, 7) is 3.65. The zero-order chi connectivity index (χ0) is 13.3. The van der Waals surface area contributed by atoms with Crippen LogP contribution in [0.1, 0.15) is 6.92 Å². The summed E-state index contributed by atoms with van der Waals surface area (Å²) in [6.07, 6.45) is 0. The van der Waals surface area contributed by atoms with Crippen LogP contribution in [0.3, 0.4) is 0 Å². The number of anilines is 1. The monoisotopic (exact) mass is 273 g/mol. The van der Waals surface area contributed by atoms with E-state index in [-0.39, 0.29) is 0 Å². The summed E-state index contributed by atoms with van der Waals surface area (Å²) < 4.78 is 5.41. The molecule has 0 atom stereocenters. The SMILES string of the molecule is CCOc1ccc(NCCSc2ccccc2)cc1. The lowest BCUT2D eigenvalue weighted by molar-refractivity contribution is 0.340. The average molecular weight is 273 g/mol. The minimum absolute atomic E-state index is 0.709. The summed E-state index contributed by atoms with van der Waals surface area (Å²) in [7, 11) is 0. The van der Waals surface area contributed by atoms with Crippen LogP contribution in [0, 0.1) is 0 Å². The van der Waals surface area contributed by atoms with Crippen molar-refractivity contribution in [3.8, 4) is 5.75 Å². The highest BCUT2D eigenvalue weighted by atomic mass is 32.2. The standard InChI is InChI=1S/C16H19NOS/c1-2-18-15-10-8-14(9-11-15)17-12-13-19-16-6-4-3-5-7-16/h3-11,17H,2,12-13H2,1H3. The molecule has 0 aliphatic carbocycles. The molecule has 0 fully saturated rings. The van der Waals surface area contributed by atoms with E-state index in [1.54, 1.807) is 0 Å². The molecule has 3 heteroatoms. The largest absolute Gasteiger partial charge is 0.494 e. The average Bonchev–Trinajstić information content (AvgIpc) is 2.47. The quantitative estimate of drug-likeness (QED) is 0.600. The molecule has 1 N–H and O–H groups in total. The number of rotatable bonds is 7. The second kappa shape index (κ2) is 7.74. The molecule has 100 valence electrons. The molecule has 2 rings (SSSR count). The minimum atomic E-state index is 0.709. The van der Waals surface area contributed by atoms with E-state index in [4.69, 9.17) is 4.74 Å². The van der Waals surface area contributed by atoms with Crippen LogP contribution in [-0.2, 0) is 0 Å². The van der Waals surface area contributed by atoms with Gasteiger partial charge in [0.1, 0.15) is 5.75 Å². The molecular weight excluding hydrogens is 254 g/mol. The van der Waals surface area contributed by atoms with Crippen molar-refractivity contribution in [1.29, 1.82) is 0 Å². The van der Waals surface area contributed by atoms with Crippen molar-refractivity contribution in [2.24, 2.45) is 0 Å². The highest BCUT2D eigenvalue weighted by molar-refractivity contribution is 7.99. The van der Waals surface area contributed by atoms with Crippen molar-refractivity contribution in [2.75, 3.05) is 24.2 Å². The fourth-order valence-corrected chi connectivity index (χ4v) is 2.51. The molecule has 0 aliphatic heterocycles. The molecule has 0 saturated carbocycles. The van der Waals surface area contributed by atoms with E-state index in [1.807, 2.05) is 36.9 Å². The van der Waals surface area contributed by atoms with Crippen molar-refractivity contribution in [2.45, 2.75) is 11.8 Å². The molecule has 19 heavy (non-hydrogen) atoms. The topological polar surface area (TPSA) is 21.3 Å². The fourth-order valence-electron chi connectivity index (χ4n) is 1.72. The first-order valence-electron chi connectivity index (χ1n) is 6.53. The number of hydrogen-bond acceptors (Lipinski definition) is 3. The van der Waals surface area contributed by atoms with Crippen LogP contribution < -0.4 is 10.1 Å². The Bertz CT molecular complexity index is 470. The molecule has 0 saturated heterocycles. The summed E-state index contributed by atoms with van der Waals surface area (Å²) in [5.74, 6) is 1.98. The molecule has 2 nitrogen and oxygen atoms in total. The van der Waals surface area contributed by atoms with Gasteiger partial charge < -0.3 is 10.1 Å². The van der Waals surface area contributed by atoms with E-state index < -0.39 is 0 Å². The molecule has 0 spiro atoms. The Morgan fingerprint density at radius 1 is 1.00 bits per heavy atom. The number of hydrogen-bond donors (Lipinski definition) is 1.